The van der Waals surface area contributed by atoms with Gasteiger partial charge in [-0.3, -0.25) is 9.59 Å². The van der Waals surface area contributed by atoms with Gasteiger partial charge in [0.1, 0.15) is 12.4 Å². The van der Waals surface area contributed by atoms with E-state index in [1.54, 1.807) is 24.3 Å². The smallest absolute Gasteiger partial charge is 0.437 e. The first-order chi connectivity index (χ1) is 13.8. The molecule has 0 aliphatic rings. The first-order valence-corrected chi connectivity index (χ1v) is 8.80. The summed E-state index contributed by atoms with van der Waals surface area (Å²) in [6.07, 6.45) is -1.14. The van der Waals surface area contributed by atoms with Crippen LogP contribution in [0.15, 0.2) is 57.7 Å². The van der Waals surface area contributed by atoms with Gasteiger partial charge in [0.25, 0.3) is 5.91 Å². The summed E-state index contributed by atoms with van der Waals surface area (Å²) in [7, 11) is 0. The molecule has 0 radical (unpaired) electrons. The maximum absolute atomic E-state index is 13.0. The van der Waals surface area contributed by atoms with Crippen LogP contribution in [0.4, 0.5) is 10.1 Å². The molecule has 1 aromatic heterocycles. The zero-order valence-corrected chi connectivity index (χ0v) is 15.9. The van der Waals surface area contributed by atoms with Crippen molar-refractivity contribution in [1.82, 2.24) is 9.78 Å². The number of carbonyl (C=O) groups is 2. The van der Waals surface area contributed by atoms with Gasteiger partial charge in [-0.2, -0.15) is 4.68 Å². The monoisotopic (exact) mass is 419 g/mol. The number of halogens is 2. The largest absolute Gasteiger partial charge is 0.451 e. The molecule has 10 heteroatoms. The summed E-state index contributed by atoms with van der Waals surface area (Å²) < 4.78 is 23.7. The van der Waals surface area contributed by atoms with Gasteiger partial charge >= 0.3 is 11.7 Å². The molecular weight excluding hydrogens is 405 g/mol. The second kappa shape index (κ2) is 8.70. The van der Waals surface area contributed by atoms with Gasteiger partial charge in [0.05, 0.1) is 10.7 Å². The molecule has 0 spiro atoms. The minimum atomic E-state index is -1.14. The van der Waals surface area contributed by atoms with Crippen LogP contribution in [0.2, 0.25) is 5.02 Å². The average Bonchev–Trinajstić information content (AvgIpc) is 3.04. The van der Waals surface area contributed by atoms with Gasteiger partial charge in [-0.05, 0) is 43.3 Å². The van der Waals surface area contributed by atoms with Crippen molar-refractivity contribution in [1.29, 1.82) is 0 Å². The first-order valence-electron chi connectivity index (χ1n) is 8.42. The van der Waals surface area contributed by atoms with E-state index in [9.17, 15) is 18.8 Å². The Kier molecular flexibility index (Phi) is 6.08. The van der Waals surface area contributed by atoms with E-state index in [4.69, 9.17) is 20.8 Å². The van der Waals surface area contributed by atoms with Crippen LogP contribution in [0, 0.1) is 5.82 Å². The maximum atomic E-state index is 13.0. The third-order valence-corrected chi connectivity index (χ3v) is 4.12. The Morgan fingerprint density at radius 1 is 1.24 bits per heavy atom. The molecular formula is C19H15ClFN3O5. The molecule has 0 saturated carbocycles. The van der Waals surface area contributed by atoms with E-state index >= 15 is 0 Å². The van der Waals surface area contributed by atoms with Crippen molar-refractivity contribution in [2.24, 2.45) is 0 Å². The number of hydrogen-bond acceptors (Lipinski definition) is 6. The number of rotatable bonds is 6. The Bertz CT molecular complexity index is 1090. The van der Waals surface area contributed by atoms with Crippen molar-refractivity contribution < 1.29 is 23.1 Å². The zero-order chi connectivity index (χ0) is 21.0. The van der Waals surface area contributed by atoms with Crippen LogP contribution in [-0.4, -0.2) is 27.8 Å². The second-order valence-corrected chi connectivity index (χ2v) is 6.35. The fraction of sp³-hybridized carbons (Fsp3) is 0.158. The van der Waals surface area contributed by atoms with E-state index in [2.05, 4.69) is 10.4 Å². The van der Waals surface area contributed by atoms with Gasteiger partial charge in [0, 0.05) is 5.56 Å². The van der Waals surface area contributed by atoms with Gasteiger partial charge in [-0.15, -0.1) is 5.10 Å². The number of anilines is 1. The van der Waals surface area contributed by atoms with Crippen molar-refractivity contribution >= 4 is 29.2 Å². The van der Waals surface area contributed by atoms with Crippen LogP contribution < -0.4 is 11.1 Å². The van der Waals surface area contributed by atoms with Crippen LogP contribution in [0.3, 0.4) is 0 Å². The number of aromatic nitrogens is 2. The Labute approximate surface area is 168 Å². The molecule has 2 aromatic carbocycles. The fourth-order valence-electron chi connectivity index (χ4n) is 2.32. The van der Waals surface area contributed by atoms with Gasteiger partial charge in [-0.25, -0.2) is 9.18 Å². The normalized spacial score (nSPS) is 11.7. The molecule has 0 aliphatic heterocycles. The molecule has 1 heterocycles. The lowest BCUT2D eigenvalue weighted by atomic mass is 10.2. The number of nitrogens with zero attached hydrogens (tertiary/aromatic N) is 2. The number of hydrogen-bond donors (Lipinski definition) is 1. The Balaban J connectivity index is 1.61. The number of esters is 1. The highest BCUT2D eigenvalue weighted by Gasteiger charge is 2.21. The predicted molar refractivity (Wildman–Crippen MR) is 102 cm³/mol. The zero-order valence-electron chi connectivity index (χ0n) is 15.1. The third kappa shape index (κ3) is 5.08. The lowest BCUT2D eigenvalue weighted by Gasteiger charge is -2.13. The lowest BCUT2D eigenvalue weighted by Crippen LogP contribution is -2.32. The van der Waals surface area contributed by atoms with Crippen molar-refractivity contribution in [3.63, 3.8) is 0 Å². The average molecular weight is 420 g/mol. The predicted octanol–water partition coefficient (Wildman–Crippen LogP) is 2.87. The number of para-hydroxylation sites is 1. The SMILES string of the molecule is CC(OC(=O)Cn1nc(-c2ccc(F)cc2)oc1=O)C(=O)Nc1ccccc1Cl. The van der Waals surface area contributed by atoms with Crippen LogP contribution in [-0.2, 0) is 20.9 Å². The molecule has 1 unspecified atom stereocenters. The van der Waals surface area contributed by atoms with E-state index in [0.29, 0.717) is 16.3 Å². The summed E-state index contributed by atoms with van der Waals surface area (Å²) >= 11 is 5.96. The molecule has 0 aliphatic carbocycles. The molecule has 29 heavy (non-hydrogen) atoms. The van der Waals surface area contributed by atoms with Gasteiger partial charge in [-0.1, -0.05) is 23.7 Å². The minimum Gasteiger partial charge on any atom is -0.451 e. The summed E-state index contributed by atoms with van der Waals surface area (Å²) in [6, 6.07) is 11.7. The topological polar surface area (TPSA) is 103 Å². The molecule has 3 rings (SSSR count). The summed E-state index contributed by atoms with van der Waals surface area (Å²) in [6.45, 7) is 0.812. The molecule has 3 aromatic rings. The highest BCUT2D eigenvalue weighted by Crippen LogP contribution is 2.20. The standard InChI is InChI=1S/C19H15ClFN3O5/c1-11(17(26)22-15-5-3-2-4-14(15)20)28-16(25)10-24-19(27)29-18(23-24)12-6-8-13(21)9-7-12/h2-9,11H,10H2,1H3,(H,22,26). The van der Waals surface area contributed by atoms with Crippen LogP contribution in [0.5, 0.6) is 0 Å². The van der Waals surface area contributed by atoms with E-state index in [-0.39, 0.29) is 5.89 Å². The van der Waals surface area contributed by atoms with E-state index < -0.39 is 36.1 Å². The number of nitrogens with one attached hydrogen (secondary N) is 1. The fourth-order valence-corrected chi connectivity index (χ4v) is 2.51. The van der Waals surface area contributed by atoms with E-state index in [1.807, 2.05) is 0 Å². The molecule has 0 saturated heterocycles. The molecule has 1 atom stereocenters. The van der Waals surface area contributed by atoms with Crippen molar-refractivity contribution in [3.05, 3.63) is 69.9 Å². The molecule has 1 amide bonds. The highest BCUT2D eigenvalue weighted by atomic mass is 35.5. The minimum absolute atomic E-state index is 0.0766. The van der Waals surface area contributed by atoms with Crippen molar-refractivity contribution in [3.8, 4) is 11.5 Å². The summed E-state index contributed by atoms with van der Waals surface area (Å²) in [5.74, 6) is -2.89. The van der Waals surface area contributed by atoms with Gasteiger partial charge < -0.3 is 14.5 Å². The quantitative estimate of drug-likeness (QED) is 0.616. The number of benzene rings is 2. The molecule has 0 fully saturated rings. The van der Waals surface area contributed by atoms with Crippen LogP contribution in [0.25, 0.3) is 11.5 Å². The van der Waals surface area contributed by atoms with Crippen molar-refractivity contribution in [2.75, 3.05) is 5.32 Å². The summed E-state index contributed by atoms with van der Waals surface area (Å²) in [5.41, 5.74) is 0.738. The molecule has 1 N–H and O–H groups in total. The maximum Gasteiger partial charge on any atom is 0.437 e. The Morgan fingerprint density at radius 3 is 2.62 bits per heavy atom. The van der Waals surface area contributed by atoms with Gasteiger partial charge in [0.15, 0.2) is 6.10 Å². The van der Waals surface area contributed by atoms with Crippen LogP contribution >= 0.6 is 11.6 Å². The second-order valence-electron chi connectivity index (χ2n) is 5.94. The Morgan fingerprint density at radius 2 is 1.93 bits per heavy atom. The van der Waals surface area contributed by atoms with Crippen molar-refractivity contribution in [2.45, 2.75) is 19.6 Å². The number of ether oxygens (including phenoxy) is 1. The number of carbonyl (C=O) groups excluding carboxylic acids is 2. The van der Waals surface area contributed by atoms with E-state index in [0.717, 1.165) is 4.68 Å². The van der Waals surface area contributed by atoms with E-state index in [1.165, 1.54) is 31.2 Å². The Hall–Kier alpha value is -3.46. The third-order valence-electron chi connectivity index (χ3n) is 3.79. The van der Waals surface area contributed by atoms with Crippen LogP contribution in [0.1, 0.15) is 6.92 Å². The van der Waals surface area contributed by atoms with Gasteiger partial charge in [0.2, 0.25) is 5.89 Å². The molecule has 0 bridgehead atoms. The summed E-state index contributed by atoms with van der Waals surface area (Å²) in [5, 5.41) is 6.75. The lowest BCUT2D eigenvalue weighted by molar-refractivity contribution is -0.154. The highest BCUT2D eigenvalue weighted by molar-refractivity contribution is 6.33. The molecule has 8 nitrogen and oxygen atoms in total. The first kappa shape index (κ1) is 20.3. The molecule has 150 valence electrons. The number of amides is 1. The summed E-state index contributed by atoms with van der Waals surface area (Å²) in [4.78, 5) is 36.1.